The van der Waals surface area contributed by atoms with Gasteiger partial charge in [0.2, 0.25) is 0 Å². The minimum absolute atomic E-state index is 0.134. The molecule has 0 aliphatic rings. The van der Waals surface area contributed by atoms with Crippen molar-refractivity contribution in [3.05, 3.63) is 66.9 Å². The largest absolute Gasteiger partial charge is 0.328 e. The molecule has 0 radical (unpaired) electrons. The zero-order valence-corrected chi connectivity index (χ0v) is 10.5. The Labute approximate surface area is 108 Å². The second-order valence-electron chi connectivity index (χ2n) is 3.58. The van der Waals surface area contributed by atoms with E-state index in [4.69, 9.17) is 0 Å². The summed E-state index contributed by atoms with van der Waals surface area (Å²) in [6, 6.07) is 3.20. The Balaban J connectivity index is 2.46. The van der Waals surface area contributed by atoms with Gasteiger partial charge in [-0.3, -0.25) is 9.36 Å². The van der Waals surface area contributed by atoms with Crippen LogP contribution in [0.25, 0.3) is 0 Å². The van der Waals surface area contributed by atoms with E-state index >= 15 is 0 Å². The molecule has 7 heteroatoms. The van der Waals surface area contributed by atoms with Gasteiger partial charge >= 0.3 is 5.69 Å². The molecule has 1 aromatic heterocycles. The van der Waals surface area contributed by atoms with Crippen LogP contribution in [-0.2, 0) is 6.54 Å². The summed E-state index contributed by atoms with van der Waals surface area (Å²) in [6.07, 6.45) is 1.23. The minimum atomic E-state index is -1.02. The van der Waals surface area contributed by atoms with E-state index in [1.165, 1.54) is 12.3 Å². The number of rotatable bonds is 2. The summed E-state index contributed by atoms with van der Waals surface area (Å²) in [5.41, 5.74) is -0.837. The van der Waals surface area contributed by atoms with Gasteiger partial charge in [0.1, 0.15) is 0 Å². The Kier molecular flexibility index (Phi) is 3.42. The number of halogens is 3. The molecule has 1 aromatic carbocycles. The van der Waals surface area contributed by atoms with E-state index in [9.17, 15) is 18.4 Å². The average Bonchev–Trinajstić information content (AvgIpc) is 2.34. The first-order valence-electron chi connectivity index (χ1n) is 4.91. The van der Waals surface area contributed by atoms with Gasteiger partial charge in [-0.1, -0.05) is 6.07 Å². The van der Waals surface area contributed by atoms with Crippen LogP contribution in [0.4, 0.5) is 8.78 Å². The fraction of sp³-hybridized carbons (Fsp3) is 0.0909. The zero-order valence-electron chi connectivity index (χ0n) is 8.91. The van der Waals surface area contributed by atoms with E-state index in [2.05, 4.69) is 20.9 Å². The van der Waals surface area contributed by atoms with Crippen molar-refractivity contribution in [2.24, 2.45) is 0 Å². The summed E-state index contributed by atoms with van der Waals surface area (Å²) in [6.45, 7) is -0.134. The van der Waals surface area contributed by atoms with Gasteiger partial charge in [-0.2, -0.15) is 0 Å². The first-order valence-corrected chi connectivity index (χ1v) is 5.70. The average molecular weight is 317 g/mol. The third-order valence-electron chi connectivity index (χ3n) is 2.34. The Bertz CT molecular complexity index is 709. The lowest BCUT2D eigenvalue weighted by Gasteiger charge is -2.05. The monoisotopic (exact) mass is 316 g/mol. The molecule has 4 nitrogen and oxygen atoms in total. The predicted molar refractivity (Wildman–Crippen MR) is 64.5 cm³/mol. The van der Waals surface area contributed by atoms with Gasteiger partial charge in [0.25, 0.3) is 5.56 Å². The maximum absolute atomic E-state index is 13.0. The second kappa shape index (κ2) is 4.85. The lowest BCUT2D eigenvalue weighted by molar-refractivity contribution is 0.506. The molecule has 94 valence electrons. The fourth-order valence-corrected chi connectivity index (χ4v) is 1.78. The lowest BCUT2D eigenvalue weighted by Crippen LogP contribution is -2.35. The molecule has 2 aromatic rings. The van der Waals surface area contributed by atoms with Gasteiger partial charge in [-0.05, 0) is 33.6 Å². The van der Waals surface area contributed by atoms with Crippen molar-refractivity contribution in [2.75, 3.05) is 0 Å². The van der Waals surface area contributed by atoms with Crippen molar-refractivity contribution < 1.29 is 8.78 Å². The molecule has 1 heterocycles. The number of hydrogen-bond acceptors (Lipinski definition) is 2. The number of H-pyrrole nitrogens is 1. The van der Waals surface area contributed by atoms with Crippen LogP contribution in [0.1, 0.15) is 5.56 Å². The molecule has 0 amide bonds. The summed E-state index contributed by atoms with van der Waals surface area (Å²) in [7, 11) is 0. The number of nitrogens with one attached hydrogen (secondary N) is 1. The number of benzene rings is 1. The summed E-state index contributed by atoms with van der Waals surface area (Å²) in [5.74, 6) is -2.00. The van der Waals surface area contributed by atoms with E-state index in [0.717, 1.165) is 16.7 Å². The lowest BCUT2D eigenvalue weighted by atomic mass is 10.2. The second-order valence-corrected chi connectivity index (χ2v) is 4.44. The molecule has 0 aliphatic heterocycles. The number of aromatic nitrogens is 2. The van der Waals surface area contributed by atoms with Crippen LogP contribution >= 0.6 is 15.9 Å². The molecule has 0 saturated carbocycles. The zero-order chi connectivity index (χ0) is 13.3. The normalized spacial score (nSPS) is 10.6. The van der Waals surface area contributed by atoms with Gasteiger partial charge < -0.3 is 4.98 Å². The van der Waals surface area contributed by atoms with Crippen LogP contribution in [-0.4, -0.2) is 9.55 Å². The Morgan fingerprint density at radius 3 is 2.61 bits per heavy atom. The molecular weight excluding hydrogens is 310 g/mol. The van der Waals surface area contributed by atoms with Crippen LogP contribution < -0.4 is 11.2 Å². The van der Waals surface area contributed by atoms with Crippen molar-refractivity contribution in [3.63, 3.8) is 0 Å². The number of aromatic amines is 1. The van der Waals surface area contributed by atoms with E-state index in [1.807, 2.05) is 0 Å². The highest BCUT2D eigenvalue weighted by Crippen LogP contribution is 2.09. The quantitative estimate of drug-likeness (QED) is 0.915. The van der Waals surface area contributed by atoms with Crippen molar-refractivity contribution in [1.82, 2.24) is 9.55 Å². The third-order valence-corrected chi connectivity index (χ3v) is 2.91. The van der Waals surface area contributed by atoms with Gasteiger partial charge in [0.15, 0.2) is 11.6 Å². The molecular formula is C11H7BrF2N2O2. The first kappa shape index (κ1) is 12.7. The van der Waals surface area contributed by atoms with Gasteiger partial charge in [0.05, 0.1) is 11.0 Å². The molecule has 0 aliphatic carbocycles. The maximum atomic E-state index is 13.0. The molecule has 0 bridgehead atoms. The minimum Gasteiger partial charge on any atom is -0.313 e. The highest BCUT2D eigenvalue weighted by Gasteiger charge is 2.08. The smallest absolute Gasteiger partial charge is 0.313 e. The van der Waals surface area contributed by atoms with E-state index in [-0.39, 0.29) is 11.0 Å². The van der Waals surface area contributed by atoms with Crippen molar-refractivity contribution in [2.45, 2.75) is 6.54 Å². The Morgan fingerprint density at radius 1 is 1.22 bits per heavy atom. The number of hydrogen-bond donors (Lipinski definition) is 1. The topological polar surface area (TPSA) is 54.9 Å². The number of nitrogens with zero attached hydrogens (tertiary/aromatic N) is 1. The van der Waals surface area contributed by atoms with Gasteiger partial charge in [-0.15, -0.1) is 0 Å². The standard InChI is InChI=1S/C11H7BrF2N2O2/c12-7-4-15-11(18)16(10(7)17)5-6-1-2-8(13)9(14)3-6/h1-4H,5H2,(H,15,18). The third kappa shape index (κ3) is 2.40. The Morgan fingerprint density at radius 2 is 1.94 bits per heavy atom. The van der Waals surface area contributed by atoms with E-state index in [1.54, 1.807) is 0 Å². The molecule has 0 fully saturated rings. The van der Waals surface area contributed by atoms with Crippen LogP contribution in [0.15, 0.2) is 38.5 Å². The van der Waals surface area contributed by atoms with Crippen molar-refractivity contribution in [1.29, 1.82) is 0 Å². The van der Waals surface area contributed by atoms with Gasteiger partial charge in [0, 0.05) is 6.20 Å². The van der Waals surface area contributed by atoms with Crippen LogP contribution in [0.5, 0.6) is 0 Å². The highest BCUT2D eigenvalue weighted by molar-refractivity contribution is 9.10. The highest BCUT2D eigenvalue weighted by atomic mass is 79.9. The first-order chi connectivity index (χ1) is 8.49. The van der Waals surface area contributed by atoms with Crippen LogP contribution in [0.3, 0.4) is 0 Å². The summed E-state index contributed by atoms with van der Waals surface area (Å²) in [4.78, 5) is 25.5. The summed E-state index contributed by atoms with van der Waals surface area (Å²) < 4.78 is 26.8. The molecule has 0 saturated heterocycles. The molecule has 1 N–H and O–H groups in total. The maximum Gasteiger partial charge on any atom is 0.328 e. The molecule has 0 spiro atoms. The van der Waals surface area contributed by atoms with Crippen molar-refractivity contribution >= 4 is 15.9 Å². The van der Waals surface area contributed by atoms with Gasteiger partial charge in [-0.25, -0.2) is 13.6 Å². The molecule has 2 rings (SSSR count). The SMILES string of the molecule is O=c1[nH]cc(Br)c(=O)n1Cc1ccc(F)c(F)c1. The summed E-state index contributed by atoms with van der Waals surface area (Å²) >= 11 is 2.98. The van der Waals surface area contributed by atoms with Crippen molar-refractivity contribution in [3.8, 4) is 0 Å². The van der Waals surface area contributed by atoms with Crippen LogP contribution in [0, 0.1) is 11.6 Å². The fourth-order valence-electron chi connectivity index (χ4n) is 1.45. The Hall–Kier alpha value is -1.76. The van der Waals surface area contributed by atoms with E-state index in [0.29, 0.717) is 5.56 Å². The van der Waals surface area contributed by atoms with Crippen LogP contribution in [0.2, 0.25) is 0 Å². The molecule has 0 atom stereocenters. The van der Waals surface area contributed by atoms with E-state index < -0.39 is 22.9 Å². The molecule has 18 heavy (non-hydrogen) atoms. The summed E-state index contributed by atoms with van der Waals surface area (Å²) in [5, 5.41) is 0. The predicted octanol–water partition coefficient (Wildman–Crippen LogP) is 1.63. The molecule has 0 unspecified atom stereocenters.